The number of benzene rings is 1. The van der Waals surface area contributed by atoms with Crippen molar-refractivity contribution in [3.05, 3.63) is 27.7 Å². The lowest BCUT2D eigenvalue weighted by Gasteiger charge is -2.17. The van der Waals surface area contributed by atoms with E-state index in [1.807, 2.05) is 0 Å². The molecule has 4 nitrogen and oxygen atoms in total. The van der Waals surface area contributed by atoms with Crippen molar-refractivity contribution in [1.29, 1.82) is 0 Å². The Morgan fingerprint density at radius 2 is 2.11 bits per heavy atom. The summed E-state index contributed by atoms with van der Waals surface area (Å²) < 4.78 is 42.5. The van der Waals surface area contributed by atoms with Gasteiger partial charge in [0.2, 0.25) is 0 Å². The first kappa shape index (κ1) is 15.8. The molecule has 1 aromatic rings. The van der Waals surface area contributed by atoms with Crippen LogP contribution < -0.4 is 5.73 Å². The highest BCUT2D eigenvalue weighted by Crippen LogP contribution is 2.41. The van der Waals surface area contributed by atoms with Crippen LogP contribution in [0.1, 0.15) is 23.6 Å². The first-order valence-corrected chi connectivity index (χ1v) is 5.88. The second-order valence-corrected chi connectivity index (χ2v) is 4.69. The number of phenolic OH excluding ortho intramolecular Hbond substituents is 1. The third-order valence-electron chi connectivity index (χ3n) is 2.42. The van der Waals surface area contributed by atoms with E-state index in [2.05, 4.69) is 20.7 Å². The van der Waals surface area contributed by atoms with Gasteiger partial charge in [0.15, 0.2) is 0 Å². The van der Waals surface area contributed by atoms with Gasteiger partial charge in [-0.05, 0) is 12.1 Å². The van der Waals surface area contributed by atoms with Gasteiger partial charge in [-0.25, -0.2) is 0 Å². The Kier molecular flexibility index (Phi) is 4.81. The molecule has 0 bridgehead atoms. The fourth-order valence-electron chi connectivity index (χ4n) is 1.49. The van der Waals surface area contributed by atoms with E-state index in [0.717, 1.165) is 13.2 Å². The number of halogens is 4. The molecule has 0 aliphatic heterocycles. The van der Waals surface area contributed by atoms with Crippen molar-refractivity contribution in [3.8, 4) is 5.75 Å². The topological polar surface area (TPSA) is 72.5 Å². The monoisotopic (exact) mass is 341 g/mol. The molecular weight excluding hydrogens is 331 g/mol. The Morgan fingerprint density at radius 3 is 2.58 bits per heavy atom. The van der Waals surface area contributed by atoms with Crippen LogP contribution in [-0.2, 0) is 15.7 Å². The lowest BCUT2D eigenvalue weighted by atomic mass is 10.00. The molecule has 1 aromatic carbocycles. The number of nitrogens with two attached hydrogens (primary N) is 1. The lowest BCUT2D eigenvalue weighted by molar-refractivity contribution is -0.141. The molecule has 0 aromatic heterocycles. The maximum Gasteiger partial charge on any atom is 0.420 e. The quantitative estimate of drug-likeness (QED) is 0.829. The van der Waals surface area contributed by atoms with Gasteiger partial charge in [0, 0.05) is 16.1 Å². The second-order valence-electron chi connectivity index (χ2n) is 3.78. The van der Waals surface area contributed by atoms with Crippen molar-refractivity contribution in [1.82, 2.24) is 0 Å². The molecule has 0 spiro atoms. The summed E-state index contributed by atoms with van der Waals surface area (Å²) in [7, 11) is 1.14. The van der Waals surface area contributed by atoms with Crippen LogP contribution in [0, 0.1) is 0 Å². The zero-order chi connectivity index (χ0) is 14.8. The van der Waals surface area contributed by atoms with E-state index in [0.29, 0.717) is 0 Å². The van der Waals surface area contributed by atoms with E-state index in [9.17, 15) is 23.1 Å². The van der Waals surface area contributed by atoms with E-state index in [1.165, 1.54) is 6.07 Å². The number of alkyl halides is 3. The van der Waals surface area contributed by atoms with Crippen molar-refractivity contribution in [2.75, 3.05) is 7.11 Å². The van der Waals surface area contributed by atoms with Crippen LogP contribution in [0.3, 0.4) is 0 Å². The molecule has 8 heteroatoms. The number of rotatable bonds is 3. The van der Waals surface area contributed by atoms with Crippen LogP contribution in [0.15, 0.2) is 16.6 Å². The van der Waals surface area contributed by atoms with Gasteiger partial charge in [0.1, 0.15) is 5.75 Å². The number of phenols is 1. The number of ether oxygens (including phenoxy) is 1. The van der Waals surface area contributed by atoms with E-state index >= 15 is 0 Å². The van der Waals surface area contributed by atoms with Gasteiger partial charge in [-0.3, -0.25) is 4.79 Å². The van der Waals surface area contributed by atoms with Crippen molar-refractivity contribution in [3.63, 3.8) is 0 Å². The smallest absolute Gasteiger partial charge is 0.420 e. The predicted molar refractivity (Wildman–Crippen MR) is 64.4 cm³/mol. The van der Waals surface area contributed by atoms with Crippen LogP contribution >= 0.6 is 15.9 Å². The minimum atomic E-state index is -4.71. The molecule has 1 rings (SSSR count). The van der Waals surface area contributed by atoms with Crippen LogP contribution in [0.25, 0.3) is 0 Å². The maximum atomic E-state index is 12.7. The van der Waals surface area contributed by atoms with Crippen LogP contribution in [0.4, 0.5) is 13.2 Å². The van der Waals surface area contributed by atoms with Gasteiger partial charge in [0.25, 0.3) is 0 Å². The van der Waals surface area contributed by atoms with Crippen molar-refractivity contribution in [2.24, 2.45) is 5.73 Å². The lowest BCUT2D eigenvalue weighted by Crippen LogP contribution is -2.18. The summed E-state index contributed by atoms with van der Waals surface area (Å²) in [6.45, 7) is 0. The molecule has 0 aliphatic carbocycles. The van der Waals surface area contributed by atoms with Crippen LogP contribution in [0.2, 0.25) is 0 Å². The summed E-state index contributed by atoms with van der Waals surface area (Å²) in [6, 6.07) is 0.882. The first-order valence-electron chi connectivity index (χ1n) is 5.08. The third-order valence-corrected chi connectivity index (χ3v) is 2.88. The number of hydrogen-bond acceptors (Lipinski definition) is 4. The molecule has 0 aliphatic rings. The van der Waals surface area contributed by atoms with E-state index < -0.39 is 29.5 Å². The molecule has 0 radical (unpaired) electrons. The SMILES string of the molecule is COC(=O)C[C@H](N)c1cc(Br)cc(C(F)(F)F)c1O. The van der Waals surface area contributed by atoms with Crippen molar-refractivity contribution >= 4 is 21.9 Å². The summed E-state index contributed by atoms with van der Waals surface area (Å²) in [4.78, 5) is 11.1. The number of esters is 1. The van der Waals surface area contributed by atoms with E-state index in [4.69, 9.17) is 5.73 Å². The average molecular weight is 342 g/mol. The highest BCUT2D eigenvalue weighted by atomic mass is 79.9. The summed E-state index contributed by atoms with van der Waals surface area (Å²) >= 11 is 2.91. The normalized spacial score (nSPS) is 13.2. The van der Waals surface area contributed by atoms with Gasteiger partial charge in [-0.1, -0.05) is 15.9 Å². The van der Waals surface area contributed by atoms with Gasteiger partial charge in [-0.2, -0.15) is 13.2 Å². The minimum Gasteiger partial charge on any atom is -0.507 e. The summed E-state index contributed by atoms with van der Waals surface area (Å²) in [5.41, 5.74) is 4.22. The van der Waals surface area contributed by atoms with Gasteiger partial charge < -0.3 is 15.6 Å². The fraction of sp³-hybridized carbons (Fsp3) is 0.364. The Balaban J connectivity index is 3.22. The van der Waals surface area contributed by atoms with Gasteiger partial charge in [-0.15, -0.1) is 0 Å². The maximum absolute atomic E-state index is 12.7. The molecule has 1 atom stereocenters. The zero-order valence-electron chi connectivity index (χ0n) is 9.79. The molecular formula is C11H11BrF3NO3. The molecule has 19 heavy (non-hydrogen) atoms. The Morgan fingerprint density at radius 1 is 1.53 bits per heavy atom. The Labute approximate surface area is 115 Å². The number of hydrogen-bond donors (Lipinski definition) is 2. The zero-order valence-corrected chi connectivity index (χ0v) is 11.4. The highest BCUT2D eigenvalue weighted by Gasteiger charge is 2.36. The molecule has 3 N–H and O–H groups in total. The molecule has 0 unspecified atom stereocenters. The molecule has 0 amide bonds. The van der Waals surface area contributed by atoms with Crippen molar-refractivity contribution < 1.29 is 27.8 Å². The van der Waals surface area contributed by atoms with Crippen LogP contribution in [-0.4, -0.2) is 18.2 Å². The van der Waals surface area contributed by atoms with E-state index in [-0.39, 0.29) is 16.5 Å². The molecule has 0 fully saturated rings. The van der Waals surface area contributed by atoms with Crippen LogP contribution in [0.5, 0.6) is 5.75 Å². The third kappa shape index (κ3) is 3.84. The molecule has 0 heterocycles. The number of carbonyl (C=O) groups excluding carboxylic acids is 1. The molecule has 0 saturated heterocycles. The summed E-state index contributed by atoms with van der Waals surface area (Å²) in [5, 5.41) is 9.63. The van der Waals surface area contributed by atoms with Crippen molar-refractivity contribution in [2.45, 2.75) is 18.6 Å². The van der Waals surface area contributed by atoms with Gasteiger partial charge in [0.05, 0.1) is 19.1 Å². The molecule has 106 valence electrons. The fourth-order valence-corrected chi connectivity index (χ4v) is 1.97. The predicted octanol–water partition coefficient (Wildman–Crippen LogP) is 2.74. The standard InChI is InChI=1S/C11H11BrF3NO3/c1-19-9(17)4-8(16)6-2-5(12)3-7(10(6)18)11(13,14)15/h2-3,8,18H,4,16H2,1H3/t8-/m0/s1. The first-order chi connectivity index (χ1) is 8.66. The van der Waals surface area contributed by atoms with E-state index in [1.54, 1.807) is 0 Å². The average Bonchev–Trinajstić information content (AvgIpc) is 2.29. The Hall–Kier alpha value is -1.28. The number of carbonyl (C=O) groups is 1. The largest absolute Gasteiger partial charge is 0.507 e. The summed E-state index contributed by atoms with van der Waals surface area (Å²) in [6.07, 6.45) is -5.05. The summed E-state index contributed by atoms with van der Waals surface area (Å²) in [5.74, 6) is -1.66. The number of methoxy groups -OCH3 is 1. The van der Waals surface area contributed by atoms with Gasteiger partial charge >= 0.3 is 12.1 Å². The Bertz CT molecular complexity index is 491. The molecule has 0 saturated carbocycles. The highest BCUT2D eigenvalue weighted by molar-refractivity contribution is 9.10. The number of aromatic hydroxyl groups is 1. The minimum absolute atomic E-state index is 0.105. The second kappa shape index (κ2) is 5.79.